The smallest absolute Gasteiger partial charge is 0.168 e. The molecule has 1 aliphatic heterocycles. The van der Waals surface area contributed by atoms with Crippen molar-refractivity contribution in [2.75, 3.05) is 20.3 Å². The van der Waals surface area contributed by atoms with Crippen LogP contribution in [0.15, 0.2) is 24.4 Å². The molecule has 1 saturated heterocycles. The summed E-state index contributed by atoms with van der Waals surface area (Å²) in [6.45, 7) is 1.65. The lowest BCUT2D eigenvalue weighted by molar-refractivity contribution is -0.0329. The maximum Gasteiger partial charge on any atom is 0.168 e. The van der Waals surface area contributed by atoms with Crippen LogP contribution in [0.5, 0.6) is 5.75 Å². The molecule has 1 fully saturated rings. The third-order valence-electron chi connectivity index (χ3n) is 5.74. The first-order chi connectivity index (χ1) is 12.7. The Morgan fingerprint density at radius 2 is 2.23 bits per heavy atom. The molecule has 2 aromatic rings. The highest BCUT2D eigenvalue weighted by Crippen LogP contribution is 2.38. The van der Waals surface area contributed by atoms with Gasteiger partial charge in [0.15, 0.2) is 11.6 Å². The number of rotatable bonds is 5. The number of aromatic nitrogens is 2. The molecule has 0 radical (unpaired) electrons. The first-order valence-corrected chi connectivity index (χ1v) is 9.37. The molecule has 4 rings (SSSR count). The van der Waals surface area contributed by atoms with E-state index in [0.717, 1.165) is 55.7 Å². The minimum atomic E-state index is -0.205. The van der Waals surface area contributed by atoms with Gasteiger partial charge in [-0.3, -0.25) is 4.68 Å². The average Bonchev–Trinajstić information content (AvgIpc) is 3.27. The summed E-state index contributed by atoms with van der Waals surface area (Å²) >= 11 is 0. The van der Waals surface area contributed by atoms with Gasteiger partial charge in [0, 0.05) is 38.4 Å². The lowest BCUT2D eigenvalue weighted by Gasteiger charge is -2.33. The lowest BCUT2D eigenvalue weighted by Crippen LogP contribution is -2.34. The molecular weight excluding hydrogens is 333 g/mol. The molecule has 3 atom stereocenters. The van der Waals surface area contributed by atoms with Gasteiger partial charge in [-0.05, 0) is 48.9 Å². The van der Waals surface area contributed by atoms with Gasteiger partial charge in [0.2, 0.25) is 0 Å². The van der Waals surface area contributed by atoms with Gasteiger partial charge < -0.3 is 14.8 Å². The Kier molecular flexibility index (Phi) is 4.96. The van der Waals surface area contributed by atoms with E-state index in [4.69, 9.17) is 9.47 Å². The van der Waals surface area contributed by atoms with Crippen molar-refractivity contribution in [1.29, 1.82) is 0 Å². The van der Waals surface area contributed by atoms with Gasteiger partial charge in [0.05, 0.1) is 12.8 Å². The van der Waals surface area contributed by atoms with Gasteiger partial charge >= 0.3 is 0 Å². The van der Waals surface area contributed by atoms with Crippen LogP contribution < -0.4 is 10.1 Å². The fraction of sp³-hybridized carbons (Fsp3) is 0.550. The van der Waals surface area contributed by atoms with E-state index in [0.29, 0.717) is 11.7 Å². The van der Waals surface area contributed by atoms with Crippen molar-refractivity contribution in [3.63, 3.8) is 0 Å². The van der Waals surface area contributed by atoms with E-state index in [9.17, 15) is 4.39 Å². The quantitative estimate of drug-likeness (QED) is 0.890. The second-order valence-electron chi connectivity index (χ2n) is 7.22. The number of halogens is 1. The summed E-state index contributed by atoms with van der Waals surface area (Å²) < 4.78 is 27.5. The highest BCUT2D eigenvalue weighted by atomic mass is 19.1. The summed E-state index contributed by atoms with van der Waals surface area (Å²) in [5, 5.41) is 7.95. The van der Waals surface area contributed by atoms with E-state index in [2.05, 4.69) is 10.4 Å². The number of methoxy groups -OCH3 is 1. The molecule has 140 valence electrons. The zero-order chi connectivity index (χ0) is 18.1. The van der Waals surface area contributed by atoms with Crippen molar-refractivity contribution in [3.05, 3.63) is 47.0 Å². The average molecular weight is 359 g/mol. The zero-order valence-corrected chi connectivity index (χ0v) is 15.4. The van der Waals surface area contributed by atoms with Crippen LogP contribution in [0.3, 0.4) is 0 Å². The third-order valence-corrected chi connectivity index (χ3v) is 5.74. The number of aryl methyl sites for hydroxylation is 1. The molecule has 1 aliphatic carbocycles. The predicted molar refractivity (Wildman–Crippen MR) is 96.6 cm³/mol. The maximum absolute atomic E-state index is 14.5. The Bertz CT molecular complexity index is 776. The first-order valence-electron chi connectivity index (χ1n) is 9.37. The topological polar surface area (TPSA) is 48.3 Å². The van der Waals surface area contributed by atoms with Gasteiger partial charge in [-0.25, -0.2) is 4.39 Å². The van der Waals surface area contributed by atoms with Crippen molar-refractivity contribution >= 4 is 0 Å². The number of fused-ring (bicyclic) bond motifs is 1. The molecule has 6 heteroatoms. The molecule has 1 aromatic carbocycles. The van der Waals surface area contributed by atoms with Crippen molar-refractivity contribution in [2.24, 2.45) is 13.0 Å². The third kappa shape index (κ3) is 3.12. The Morgan fingerprint density at radius 1 is 1.35 bits per heavy atom. The van der Waals surface area contributed by atoms with Crippen LogP contribution in [0.25, 0.3) is 0 Å². The van der Waals surface area contributed by atoms with Crippen molar-refractivity contribution < 1.29 is 13.9 Å². The van der Waals surface area contributed by atoms with Crippen LogP contribution >= 0.6 is 0 Å². The molecule has 0 spiro atoms. The lowest BCUT2D eigenvalue weighted by atomic mass is 9.91. The van der Waals surface area contributed by atoms with Crippen LogP contribution in [0.4, 0.5) is 4.39 Å². The van der Waals surface area contributed by atoms with E-state index >= 15 is 0 Å². The van der Waals surface area contributed by atoms with Gasteiger partial charge in [-0.1, -0.05) is 6.07 Å². The fourth-order valence-corrected chi connectivity index (χ4v) is 4.35. The van der Waals surface area contributed by atoms with Crippen LogP contribution in [0, 0.1) is 11.7 Å². The summed E-state index contributed by atoms with van der Waals surface area (Å²) in [6.07, 6.45) is 5.76. The first kappa shape index (κ1) is 17.5. The summed E-state index contributed by atoms with van der Waals surface area (Å²) in [4.78, 5) is 0. The molecule has 2 heterocycles. The monoisotopic (exact) mass is 359 g/mol. The fourth-order valence-electron chi connectivity index (χ4n) is 4.35. The SMILES string of the molecule is COc1ccc2c(c1F)CCC2NC[C@@H]1CCCO[C@H]1c1ccnn1C. The summed E-state index contributed by atoms with van der Waals surface area (Å²) in [5.41, 5.74) is 2.99. The number of benzene rings is 1. The normalized spacial score (nSPS) is 25.3. The molecule has 1 aromatic heterocycles. The molecule has 26 heavy (non-hydrogen) atoms. The largest absolute Gasteiger partial charge is 0.494 e. The Labute approximate surface area is 153 Å². The van der Waals surface area contributed by atoms with E-state index in [1.165, 1.54) is 7.11 Å². The minimum absolute atomic E-state index is 0.0669. The summed E-state index contributed by atoms with van der Waals surface area (Å²) in [7, 11) is 3.47. The van der Waals surface area contributed by atoms with Crippen LogP contribution in [-0.2, 0) is 18.2 Å². The van der Waals surface area contributed by atoms with Crippen LogP contribution in [0.1, 0.15) is 48.2 Å². The second-order valence-corrected chi connectivity index (χ2v) is 7.22. The molecule has 1 unspecified atom stereocenters. The number of nitrogens with zero attached hydrogens (tertiary/aromatic N) is 2. The Balaban J connectivity index is 1.46. The minimum Gasteiger partial charge on any atom is -0.494 e. The number of hydrogen-bond donors (Lipinski definition) is 1. The molecule has 0 bridgehead atoms. The molecule has 2 aliphatic rings. The number of hydrogen-bond acceptors (Lipinski definition) is 4. The van der Waals surface area contributed by atoms with Crippen molar-refractivity contribution in [2.45, 2.75) is 37.8 Å². The van der Waals surface area contributed by atoms with Gasteiger partial charge in [-0.2, -0.15) is 5.10 Å². The standard InChI is InChI=1S/C20H26FN3O2/c1-24-17(9-10-23-24)20-13(4-3-11-26-20)12-22-16-7-5-15-14(16)6-8-18(25-2)19(15)21/h6,8-10,13,16,20,22H,3-5,7,11-12H2,1-2H3/t13-,16?,20+/m0/s1. The summed E-state index contributed by atoms with van der Waals surface area (Å²) in [5.74, 6) is 0.524. The van der Waals surface area contributed by atoms with E-state index < -0.39 is 0 Å². The molecule has 0 amide bonds. The van der Waals surface area contributed by atoms with E-state index in [-0.39, 0.29) is 18.0 Å². The molecular formula is C20H26FN3O2. The van der Waals surface area contributed by atoms with Gasteiger partial charge in [-0.15, -0.1) is 0 Å². The highest BCUT2D eigenvalue weighted by Gasteiger charge is 2.32. The van der Waals surface area contributed by atoms with E-state index in [1.807, 2.05) is 30.1 Å². The maximum atomic E-state index is 14.5. The zero-order valence-electron chi connectivity index (χ0n) is 15.4. The predicted octanol–water partition coefficient (Wildman–Crippen LogP) is 3.31. The summed E-state index contributed by atoms with van der Waals surface area (Å²) in [6, 6.07) is 5.96. The Hall–Kier alpha value is -1.92. The molecule has 5 nitrogen and oxygen atoms in total. The van der Waals surface area contributed by atoms with Crippen molar-refractivity contribution in [3.8, 4) is 5.75 Å². The molecule has 0 saturated carbocycles. The number of ether oxygens (including phenoxy) is 2. The van der Waals surface area contributed by atoms with E-state index in [1.54, 1.807) is 6.07 Å². The highest BCUT2D eigenvalue weighted by molar-refractivity contribution is 5.42. The molecule has 1 N–H and O–H groups in total. The van der Waals surface area contributed by atoms with Crippen LogP contribution in [0.2, 0.25) is 0 Å². The number of nitrogens with one attached hydrogen (secondary N) is 1. The van der Waals surface area contributed by atoms with Crippen LogP contribution in [-0.4, -0.2) is 30.0 Å². The van der Waals surface area contributed by atoms with Gasteiger partial charge in [0.1, 0.15) is 6.10 Å². The Morgan fingerprint density at radius 3 is 3.00 bits per heavy atom. The van der Waals surface area contributed by atoms with Crippen molar-refractivity contribution in [1.82, 2.24) is 15.1 Å². The second kappa shape index (κ2) is 7.37. The van der Waals surface area contributed by atoms with Gasteiger partial charge in [0.25, 0.3) is 0 Å².